The molecule has 0 spiro atoms. The van der Waals surface area contributed by atoms with Crippen molar-refractivity contribution in [2.75, 3.05) is 19.7 Å². The number of rotatable bonds is 5. The first-order valence-corrected chi connectivity index (χ1v) is 7.60. The van der Waals surface area contributed by atoms with Gasteiger partial charge in [0.15, 0.2) is 0 Å². The van der Waals surface area contributed by atoms with Crippen molar-refractivity contribution >= 4 is 11.3 Å². The topological polar surface area (TPSA) is 49.5 Å². The Bertz CT molecular complexity index is 378. The third-order valence-electron chi connectivity index (χ3n) is 3.80. The molecule has 3 nitrogen and oxygen atoms in total. The van der Waals surface area contributed by atoms with Gasteiger partial charge in [0.1, 0.15) is 0 Å². The Kier molecular flexibility index (Phi) is 4.78. The van der Waals surface area contributed by atoms with Gasteiger partial charge in [-0.3, -0.25) is 4.90 Å². The number of aliphatic hydroxyl groups is 1. The first-order chi connectivity index (χ1) is 8.61. The molecule has 18 heavy (non-hydrogen) atoms. The van der Waals surface area contributed by atoms with Crippen LogP contribution in [-0.2, 0) is 0 Å². The maximum absolute atomic E-state index is 9.04. The first-order valence-electron chi connectivity index (χ1n) is 6.78. The van der Waals surface area contributed by atoms with Crippen LogP contribution in [0, 0.1) is 12.8 Å². The van der Waals surface area contributed by atoms with Crippen LogP contribution in [0.4, 0.5) is 0 Å². The number of nitrogens with two attached hydrogens (primary N) is 1. The van der Waals surface area contributed by atoms with Gasteiger partial charge in [-0.2, -0.15) is 0 Å². The molecule has 4 heteroatoms. The molecule has 2 heterocycles. The molecule has 0 bridgehead atoms. The summed E-state index contributed by atoms with van der Waals surface area (Å²) >= 11 is 1.85. The van der Waals surface area contributed by atoms with E-state index >= 15 is 0 Å². The molecule has 0 radical (unpaired) electrons. The van der Waals surface area contributed by atoms with Gasteiger partial charge in [-0.1, -0.05) is 0 Å². The smallest absolute Gasteiger partial charge is 0.0590 e. The average molecular weight is 268 g/mol. The maximum Gasteiger partial charge on any atom is 0.0590 e. The number of thiophene rings is 1. The van der Waals surface area contributed by atoms with Crippen LogP contribution in [0.15, 0.2) is 12.1 Å². The fraction of sp³-hybridized carbons (Fsp3) is 0.714. The van der Waals surface area contributed by atoms with Gasteiger partial charge in [-0.15, -0.1) is 11.3 Å². The molecule has 0 saturated carbocycles. The molecule has 1 aliphatic heterocycles. The first kappa shape index (κ1) is 14.0. The molecule has 0 aromatic carbocycles. The Labute approximate surface area is 114 Å². The Balaban J connectivity index is 2.07. The number of hydrogen-bond acceptors (Lipinski definition) is 4. The van der Waals surface area contributed by atoms with Gasteiger partial charge >= 0.3 is 0 Å². The minimum Gasteiger partial charge on any atom is -0.396 e. The second kappa shape index (κ2) is 6.15. The maximum atomic E-state index is 9.04. The van der Waals surface area contributed by atoms with Gasteiger partial charge in [0.05, 0.1) is 6.04 Å². The summed E-state index contributed by atoms with van der Waals surface area (Å²) in [7, 11) is 0. The van der Waals surface area contributed by atoms with Crippen molar-refractivity contribution in [2.45, 2.75) is 38.8 Å². The van der Waals surface area contributed by atoms with Crippen LogP contribution in [0.5, 0.6) is 0 Å². The van der Waals surface area contributed by atoms with Gasteiger partial charge in [-0.25, -0.2) is 0 Å². The van der Waals surface area contributed by atoms with E-state index in [-0.39, 0.29) is 6.04 Å². The van der Waals surface area contributed by atoms with Crippen LogP contribution in [0.2, 0.25) is 0 Å². The molecule has 1 aromatic heterocycles. The van der Waals surface area contributed by atoms with Crippen LogP contribution < -0.4 is 5.73 Å². The summed E-state index contributed by atoms with van der Waals surface area (Å²) in [6.45, 7) is 6.72. The van der Waals surface area contributed by atoms with Gasteiger partial charge in [0.25, 0.3) is 0 Å². The standard InChI is InChI=1S/C14H24N2OS/c1-10-3-4-13(18-10)14(11(2)15)16-7-5-12(9-16)6-8-17/h3-4,11-12,14,17H,5-9,15H2,1-2H3. The highest BCUT2D eigenvalue weighted by Crippen LogP contribution is 2.34. The van der Waals surface area contributed by atoms with Crippen LogP contribution >= 0.6 is 11.3 Å². The zero-order valence-electron chi connectivity index (χ0n) is 11.3. The summed E-state index contributed by atoms with van der Waals surface area (Å²) in [5.41, 5.74) is 6.19. The van der Waals surface area contributed by atoms with E-state index < -0.39 is 0 Å². The fourth-order valence-corrected chi connectivity index (χ4v) is 4.05. The summed E-state index contributed by atoms with van der Waals surface area (Å²) in [4.78, 5) is 5.23. The Morgan fingerprint density at radius 1 is 1.56 bits per heavy atom. The number of nitrogens with zero attached hydrogens (tertiary/aromatic N) is 1. The monoisotopic (exact) mass is 268 g/mol. The van der Waals surface area contributed by atoms with Crippen molar-refractivity contribution in [3.63, 3.8) is 0 Å². The normalized spacial score (nSPS) is 24.3. The van der Waals surface area contributed by atoms with E-state index in [9.17, 15) is 0 Å². The second-order valence-corrected chi connectivity index (χ2v) is 6.73. The molecule has 102 valence electrons. The highest BCUT2D eigenvalue weighted by atomic mass is 32.1. The van der Waals surface area contributed by atoms with Gasteiger partial charge < -0.3 is 10.8 Å². The molecule has 1 aromatic rings. The Hall–Kier alpha value is -0.420. The minimum atomic E-state index is 0.149. The lowest BCUT2D eigenvalue weighted by atomic mass is 10.1. The molecule has 1 saturated heterocycles. The number of aryl methyl sites for hydroxylation is 1. The average Bonchev–Trinajstić information content (AvgIpc) is 2.90. The summed E-state index contributed by atoms with van der Waals surface area (Å²) in [6.07, 6.45) is 2.11. The lowest BCUT2D eigenvalue weighted by molar-refractivity contribution is 0.203. The van der Waals surface area contributed by atoms with Crippen LogP contribution in [-0.4, -0.2) is 35.7 Å². The molecular formula is C14H24N2OS. The van der Waals surface area contributed by atoms with Crippen molar-refractivity contribution in [2.24, 2.45) is 11.7 Å². The third-order valence-corrected chi connectivity index (χ3v) is 4.87. The van der Waals surface area contributed by atoms with Crippen LogP contribution in [0.25, 0.3) is 0 Å². The summed E-state index contributed by atoms with van der Waals surface area (Å²) in [6, 6.07) is 4.88. The van der Waals surface area contributed by atoms with Gasteiger partial charge in [-0.05, 0) is 51.3 Å². The van der Waals surface area contributed by atoms with Crippen LogP contribution in [0.3, 0.4) is 0 Å². The van der Waals surface area contributed by atoms with Crippen LogP contribution in [0.1, 0.15) is 35.6 Å². The van der Waals surface area contributed by atoms with E-state index in [1.807, 2.05) is 11.3 Å². The summed E-state index contributed by atoms with van der Waals surface area (Å²) in [5, 5.41) is 9.04. The Morgan fingerprint density at radius 2 is 2.33 bits per heavy atom. The molecular weight excluding hydrogens is 244 g/mol. The highest BCUT2D eigenvalue weighted by molar-refractivity contribution is 7.12. The highest BCUT2D eigenvalue weighted by Gasteiger charge is 2.31. The number of aliphatic hydroxyl groups excluding tert-OH is 1. The van der Waals surface area contributed by atoms with E-state index in [2.05, 4.69) is 30.9 Å². The molecule has 3 N–H and O–H groups in total. The summed E-state index contributed by atoms with van der Waals surface area (Å²) in [5.74, 6) is 0.636. The minimum absolute atomic E-state index is 0.149. The zero-order chi connectivity index (χ0) is 13.1. The number of likely N-dealkylation sites (tertiary alicyclic amines) is 1. The van der Waals surface area contributed by atoms with Crippen molar-refractivity contribution in [3.05, 3.63) is 21.9 Å². The number of hydrogen-bond donors (Lipinski definition) is 2. The van der Waals surface area contributed by atoms with E-state index in [4.69, 9.17) is 10.8 Å². The molecule has 1 fully saturated rings. The zero-order valence-corrected chi connectivity index (χ0v) is 12.1. The van der Waals surface area contributed by atoms with Crippen molar-refractivity contribution in [1.82, 2.24) is 4.90 Å². The molecule has 2 rings (SSSR count). The molecule has 3 unspecified atom stereocenters. The van der Waals surface area contributed by atoms with Gasteiger partial charge in [0, 0.05) is 28.9 Å². The Morgan fingerprint density at radius 3 is 2.89 bits per heavy atom. The SMILES string of the molecule is Cc1ccc(C(C(C)N)N2CCC(CCO)C2)s1. The quantitative estimate of drug-likeness (QED) is 0.860. The van der Waals surface area contributed by atoms with Crippen molar-refractivity contribution < 1.29 is 5.11 Å². The van der Waals surface area contributed by atoms with E-state index in [1.165, 1.54) is 16.2 Å². The largest absolute Gasteiger partial charge is 0.396 e. The molecule has 0 aliphatic carbocycles. The fourth-order valence-electron chi connectivity index (χ4n) is 2.92. The van der Waals surface area contributed by atoms with E-state index in [0.29, 0.717) is 18.6 Å². The van der Waals surface area contributed by atoms with Crippen molar-refractivity contribution in [3.8, 4) is 0 Å². The predicted molar refractivity (Wildman–Crippen MR) is 76.8 cm³/mol. The molecule has 0 amide bonds. The summed E-state index contributed by atoms with van der Waals surface area (Å²) < 4.78 is 0. The third kappa shape index (κ3) is 3.12. The van der Waals surface area contributed by atoms with Gasteiger partial charge in [0.2, 0.25) is 0 Å². The van der Waals surface area contributed by atoms with E-state index in [0.717, 1.165) is 19.5 Å². The van der Waals surface area contributed by atoms with E-state index in [1.54, 1.807) is 0 Å². The predicted octanol–water partition coefficient (Wildman–Crippen LogP) is 2.15. The molecule has 3 atom stereocenters. The van der Waals surface area contributed by atoms with Crippen molar-refractivity contribution in [1.29, 1.82) is 0 Å². The lowest BCUT2D eigenvalue weighted by Crippen LogP contribution is -2.37. The lowest BCUT2D eigenvalue weighted by Gasteiger charge is -2.30. The second-order valence-electron chi connectivity index (χ2n) is 5.41. The molecule has 1 aliphatic rings.